The van der Waals surface area contributed by atoms with E-state index in [-0.39, 0.29) is 12.6 Å². The number of alkyl halides is 3. The first-order chi connectivity index (χ1) is 15.1. The molecule has 172 valence electrons. The van der Waals surface area contributed by atoms with Crippen molar-refractivity contribution in [3.63, 3.8) is 0 Å². The third kappa shape index (κ3) is 5.67. The molecule has 2 heterocycles. The van der Waals surface area contributed by atoms with Gasteiger partial charge >= 0.3 is 6.18 Å². The van der Waals surface area contributed by atoms with Gasteiger partial charge in [-0.05, 0) is 25.0 Å². The SMILES string of the molecule is N#Cc1ccc(OC2CCN(C[C@@H](O)Cn3nnc(C(N)=O)c3C(F)(F)F)CC2)cc1Cl. The molecule has 1 saturated heterocycles. The van der Waals surface area contributed by atoms with Crippen LogP contribution in [-0.2, 0) is 12.7 Å². The fourth-order valence-corrected chi connectivity index (χ4v) is 3.72. The summed E-state index contributed by atoms with van der Waals surface area (Å²) in [6.07, 6.45) is -4.90. The largest absolute Gasteiger partial charge is 0.490 e. The molecule has 32 heavy (non-hydrogen) atoms. The summed E-state index contributed by atoms with van der Waals surface area (Å²) in [4.78, 5) is 13.1. The molecular formula is C19H20ClF3N6O3. The predicted molar refractivity (Wildman–Crippen MR) is 106 cm³/mol. The number of primary amides is 1. The van der Waals surface area contributed by atoms with E-state index in [0.29, 0.717) is 46.9 Å². The number of carbonyl (C=O) groups is 1. The summed E-state index contributed by atoms with van der Waals surface area (Å²) >= 11 is 6.01. The number of nitrogens with two attached hydrogens (primary N) is 1. The number of nitriles is 1. The Morgan fingerprint density at radius 3 is 2.62 bits per heavy atom. The molecule has 0 aliphatic carbocycles. The van der Waals surface area contributed by atoms with Crippen LogP contribution in [-0.4, -0.2) is 62.7 Å². The van der Waals surface area contributed by atoms with Crippen LogP contribution in [0.15, 0.2) is 18.2 Å². The molecule has 13 heteroatoms. The number of β-amino-alcohol motifs (C(OH)–C–C–N with tert-alkyl or cyclic N) is 1. The molecule has 3 N–H and O–H groups in total. The molecular weight excluding hydrogens is 453 g/mol. The predicted octanol–water partition coefficient (Wildman–Crippen LogP) is 1.83. The first-order valence-corrected chi connectivity index (χ1v) is 10.0. The van der Waals surface area contributed by atoms with Crippen molar-refractivity contribution in [3.8, 4) is 11.8 Å². The van der Waals surface area contributed by atoms with E-state index in [1.54, 1.807) is 18.2 Å². The highest BCUT2D eigenvalue weighted by Crippen LogP contribution is 2.31. The Hall–Kier alpha value is -2.88. The normalized spacial score (nSPS) is 16.5. The molecule has 1 aliphatic heterocycles. The van der Waals surface area contributed by atoms with E-state index in [1.807, 2.05) is 11.0 Å². The molecule has 3 rings (SSSR count). The summed E-state index contributed by atoms with van der Waals surface area (Å²) in [6, 6.07) is 6.79. The third-order valence-corrected chi connectivity index (χ3v) is 5.30. The Bertz CT molecular complexity index is 1010. The second kappa shape index (κ2) is 9.72. The van der Waals surface area contributed by atoms with Gasteiger partial charge in [0.05, 0.1) is 23.2 Å². The van der Waals surface area contributed by atoms with Crippen molar-refractivity contribution in [2.24, 2.45) is 5.73 Å². The summed E-state index contributed by atoms with van der Waals surface area (Å²) in [7, 11) is 0. The minimum absolute atomic E-state index is 0.0994. The number of aromatic nitrogens is 3. The number of amides is 1. The van der Waals surface area contributed by atoms with Crippen molar-refractivity contribution in [3.05, 3.63) is 40.2 Å². The van der Waals surface area contributed by atoms with Gasteiger partial charge in [-0.3, -0.25) is 4.79 Å². The van der Waals surface area contributed by atoms with Crippen LogP contribution in [0.4, 0.5) is 13.2 Å². The molecule has 1 fully saturated rings. The van der Waals surface area contributed by atoms with Crippen molar-refractivity contribution in [1.29, 1.82) is 5.26 Å². The van der Waals surface area contributed by atoms with Crippen molar-refractivity contribution >= 4 is 17.5 Å². The summed E-state index contributed by atoms with van der Waals surface area (Å²) in [5.74, 6) is -0.799. The summed E-state index contributed by atoms with van der Waals surface area (Å²) in [5.41, 5.74) is 2.93. The van der Waals surface area contributed by atoms with Crippen LogP contribution < -0.4 is 10.5 Å². The van der Waals surface area contributed by atoms with Gasteiger partial charge in [0.15, 0.2) is 11.4 Å². The lowest BCUT2D eigenvalue weighted by Gasteiger charge is -2.33. The average Bonchev–Trinajstić information content (AvgIpc) is 3.14. The van der Waals surface area contributed by atoms with E-state index in [0.717, 1.165) is 0 Å². The zero-order chi connectivity index (χ0) is 23.5. The first kappa shape index (κ1) is 23.8. The highest BCUT2D eigenvalue weighted by atomic mass is 35.5. The fourth-order valence-electron chi connectivity index (χ4n) is 3.50. The highest BCUT2D eigenvalue weighted by molar-refractivity contribution is 6.31. The molecule has 0 bridgehead atoms. The topological polar surface area (TPSA) is 130 Å². The standard InChI is InChI=1S/C19H20ClF3N6O3/c20-15-7-14(2-1-11(15)8-24)32-13-3-5-28(6-4-13)9-12(30)10-29-17(19(21,22)23)16(18(25)31)26-27-29/h1-2,7,12-13,30H,3-6,9-10H2,(H2,25,31)/t12-/m1/s1. The zero-order valence-electron chi connectivity index (χ0n) is 16.7. The van der Waals surface area contributed by atoms with Crippen LogP contribution in [0.5, 0.6) is 5.75 Å². The molecule has 1 aromatic heterocycles. The van der Waals surface area contributed by atoms with E-state index < -0.39 is 36.1 Å². The molecule has 2 aromatic rings. The number of rotatable bonds is 7. The van der Waals surface area contributed by atoms with Crippen molar-refractivity contribution in [2.75, 3.05) is 19.6 Å². The Labute approximate surface area is 186 Å². The number of nitrogens with zero attached hydrogens (tertiary/aromatic N) is 5. The fraction of sp³-hybridized carbons (Fsp3) is 0.474. The van der Waals surface area contributed by atoms with Gasteiger partial charge in [-0.2, -0.15) is 18.4 Å². The summed E-state index contributed by atoms with van der Waals surface area (Å²) in [6.45, 7) is 0.733. The Kier molecular flexibility index (Phi) is 7.22. The average molecular weight is 473 g/mol. The van der Waals surface area contributed by atoms with Crippen LogP contribution in [0.2, 0.25) is 5.02 Å². The van der Waals surface area contributed by atoms with E-state index in [1.165, 1.54) is 0 Å². The molecule has 1 aliphatic rings. The number of ether oxygens (including phenoxy) is 1. The van der Waals surface area contributed by atoms with Gasteiger partial charge < -0.3 is 20.5 Å². The van der Waals surface area contributed by atoms with Crippen LogP contribution in [0.3, 0.4) is 0 Å². The minimum atomic E-state index is -4.89. The molecule has 1 aromatic carbocycles. The van der Waals surface area contributed by atoms with Gasteiger partial charge in [0, 0.05) is 25.7 Å². The number of piperidine rings is 1. The van der Waals surface area contributed by atoms with Crippen LogP contribution >= 0.6 is 11.6 Å². The van der Waals surface area contributed by atoms with E-state index in [4.69, 9.17) is 27.3 Å². The van der Waals surface area contributed by atoms with Crippen molar-refractivity contribution < 1.29 is 27.8 Å². The number of aliphatic hydroxyl groups is 1. The monoisotopic (exact) mass is 472 g/mol. The second-order valence-electron chi connectivity index (χ2n) is 7.36. The lowest BCUT2D eigenvalue weighted by atomic mass is 10.1. The van der Waals surface area contributed by atoms with Gasteiger partial charge in [-0.1, -0.05) is 16.8 Å². The number of carbonyl (C=O) groups excluding carboxylic acids is 1. The minimum Gasteiger partial charge on any atom is -0.490 e. The molecule has 0 unspecified atom stereocenters. The van der Waals surface area contributed by atoms with Gasteiger partial charge in [0.25, 0.3) is 5.91 Å². The van der Waals surface area contributed by atoms with Crippen molar-refractivity contribution in [2.45, 2.75) is 37.8 Å². The Morgan fingerprint density at radius 2 is 2.06 bits per heavy atom. The van der Waals surface area contributed by atoms with Gasteiger partial charge in [0.1, 0.15) is 17.9 Å². The lowest BCUT2D eigenvalue weighted by molar-refractivity contribution is -0.145. The second-order valence-corrected chi connectivity index (χ2v) is 7.76. The van der Waals surface area contributed by atoms with Gasteiger partial charge in [0.2, 0.25) is 0 Å². The van der Waals surface area contributed by atoms with Crippen LogP contribution in [0.25, 0.3) is 0 Å². The molecule has 0 radical (unpaired) electrons. The van der Waals surface area contributed by atoms with Crippen LogP contribution in [0, 0.1) is 11.3 Å². The molecule has 9 nitrogen and oxygen atoms in total. The zero-order valence-corrected chi connectivity index (χ0v) is 17.5. The quantitative estimate of drug-likeness (QED) is 0.628. The third-order valence-electron chi connectivity index (χ3n) is 4.99. The summed E-state index contributed by atoms with van der Waals surface area (Å²) in [5, 5.41) is 26.0. The Balaban J connectivity index is 1.53. The maximum Gasteiger partial charge on any atom is 0.435 e. The number of aliphatic hydroxyl groups excluding tert-OH is 1. The van der Waals surface area contributed by atoms with Gasteiger partial charge in [-0.15, -0.1) is 5.10 Å². The number of hydrogen-bond donors (Lipinski definition) is 2. The smallest absolute Gasteiger partial charge is 0.435 e. The molecule has 0 spiro atoms. The van der Waals surface area contributed by atoms with Crippen molar-refractivity contribution in [1.82, 2.24) is 19.9 Å². The molecule has 1 atom stereocenters. The van der Waals surface area contributed by atoms with E-state index >= 15 is 0 Å². The van der Waals surface area contributed by atoms with Crippen LogP contribution in [0.1, 0.15) is 34.6 Å². The summed E-state index contributed by atoms with van der Waals surface area (Å²) < 4.78 is 46.1. The first-order valence-electron chi connectivity index (χ1n) is 9.65. The maximum absolute atomic E-state index is 13.3. The maximum atomic E-state index is 13.3. The number of halogens is 4. The highest BCUT2D eigenvalue weighted by Gasteiger charge is 2.41. The van der Waals surface area contributed by atoms with Gasteiger partial charge in [-0.25, -0.2) is 4.68 Å². The number of hydrogen-bond acceptors (Lipinski definition) is 7. The Morgan fingerprint density at radius 1 is 1.38 bits per heavy atom. The number of benzene rings is 1. The van der Waals surface area contributed by atoms with E-state index in [9.17, 15) is 23.1 Å². The molecule has 1 amide bonds. The lowest BCUT2D eigenvalue weighted by Crippen LogP contribution is -2.43. The number of likely N-dealkylation sites (tertiary alicyclic amines) is 1. The van der Waals surface area contributed by atoms with E-state index in [2.05, 4.69) is 10.3 Å². The molecule has 0 saturated carbocycles.